The zero-order valence-electron chi connectivity index (χ0n) is 13.5. The maximum Gasteiger partial charge on any atom is 0.186 e. The van der Waals surface area contributed by atoms with Crippen molar-refractivity contribution in [3.05, 3.63) is 46.5 Å². The Labute approximate surface area is 149 Å². The zero-order chi connectivity index (χ0) is 16.7. The number of fused-ring (bicyclic) bond motifs is 2. The summed E-state index contributed by atoms with van der Waals surface area (Å²) in [5.41, 5.74) is 3.51. The number of thiazole rings is 1. The molecule has 0 saturated carbocycles. The predicted octanol–water partition coefficient (Wildman–Crippen LogP) is 4.53. The minimum Gasteiger partial charge on any atom is -0.497 e. The Morgan fingerprint density at radius 1 is 1.12 bits per heavy atom. The summed E-state index contributed by atoms with van der Waals surface area (Å²) in [5, 5.41) is 1.70. The van der Waals surface area contributed by atoms with Crippen molar-refractivity contribution < 1.29 is 9.47 Å². The average molecular weight is 361 g/mol. The molecule has 0 bridgehead atoms. The number of hydrogen-bond acceptors (Lipinski definition) is 5. The molecule has 24 heavy (non-hydrogen) atoms. The van der Waals surface area contributed by atoms with Crippen molar-refractivity contribution in [3.8, 4) is 11.5 Å². The molecule has 1 aliphatic rings. The monoisotopic (exact) mass is 360 g/mol. The van der Waals surface area contributed by atoms with Crippen molar-refractivity contribution in [1.29, 1.82) is 0 Å². The van der Waals surface area contributed by atoms with E-state index in [1.165, 1.54) is 11.1 Å². The molecule has 0 N–H and O–H groups in total. The first-order valence-corrected chi connectivity index (χ1v) is 8.93. The van der Waals surface area contributed by atoms with E-state index in [4.69, 9.17) is 26.1 Å². The predicted molar refractivity (Wildman–Crippen MR) is 98.9 cm³/mol. The first-order valence-electron chi connectivity index (χ1n) is 7.73. The normalized spacial score (nSPS) is 13.9. The standard InChI is InChI=1S/C18H17ClN2O2S/c1-22-13-4-3-12-10-21(8-7-11(12)9-13)18-20-16-15(23-2)6-5-14(19)17(16)24-18/h3-6,9H,7-8,10H2,1-2H3. The van der Waals surface area contributed by atoms with Gasteiger partial charge in [-0.15, -0.1) is 0 Å². The Hall–Kier alpha value is -1.98. The lowest BCUT2D eigenvalue weighted by Gasteiger charge is -2.28. The van der Waals surface area contributed by atoms with E-state index in [9.17, 15) is 0 Å². The average Bonchev–Trinajstić information content (AvgIpc) is 3.07. The van der Waals surface area contributed by atoms with Crippen LogP contribution in [-0.2, 0) is 13.0 Å². The van der Waals surface area contributed by atoms with Crippen LogP contribution in [0.4, 0.5) is 5.13 Å². The number of methoxy groups -OCH3 is 2. The third-order valence-corrected chi connectivity index (χ3v) is 5.94. The molecular formula is C18H17ClN2O2S. The maximum absolute atomic E-state index is 6.34. The van der Waals surface area contributed by atoms with Gasteiger partial charge < -0.3 is 14.4 Å². The third-order valence-electron chi connectivity index (χ3n) is 4.36. The molecule has 0 radical (unpaired) electrons. The fraction of sp³-hybridized carbons (Fsp3) is 0.278. The van der Waals surface area contributed by atoms with Gasteiger partial charge in [-0.3, -0.25) is 0 Å². The van der Waals surface area contributed by atoms with E-state index in [0.717, 1.165) is 51.4 Å². The first-order chi connectivity index (χ1) is 11.7. The number of anilines is 1. The molecule has 0 amide bonds. The number of aromatic nitrogens is 1. The summed E-state index contributed by atoms with van der Waals surface area (Å²) >= 11 is 7.96. The van der Waals surface area contributed by atoms with E-state index in [-0.39, 0.29) is 0 Å². The topological polar surface area (TPSA) is 34.6 Å². The van der Waals surface area contributed by atoms with Crippen molar-refractivity contribution in [2.75, 3.05) is 25.7 Å². The molecule has 1 aliphatic heterocycles. The van der Waals surface area contributed by atoms with Crippen molar-refractivity contribution in [1.82, 2.24) is 4.98 Å². The van der Waals surface area contributed by atoms with Crippen LogP contribution < -0.4 is 14.4 Å². The number of nitrogens with zero attached hydrogens (tertiary/aromatic N) is 2. The van der Waals surface area contributed by atoms with E-state index in [2.05, 4.69) is 17.0 Å². The second-order valence-electron chi connectivity index (χ2n) is 5.73. The smallest absolute Gasteiger partial charge is 0.186 e. The largest absolute Gasteiger partial charge is 0.497 e. The minimum absolute atomic E-state index is 0.719. The molecule has 1 aromatic heterocycles. The molecule has 3 aromatic rings. The highest BCUT2D eigenvalue weighted by atomic mass is 35.5. The quantitative estimate of drug-likeness (QED) is 0.687. The van der Waals surface area contributed by atoms with Gasteiger partial charge in [-0.05, 0) is 41.8 Å². The van der Waals surface area contributed by atoms with E-state index in [0.29, 0.717) is 0 Å². The van der Waals surface area contributed by atoms with Gasteiger partial charge in [0.25, 0.3) is 0 Å². The summed E-state index contributed by atoms with van der Waals surface area (Å²) in [6.07, 6.45) is 0.979. The van der Waals surface area contributed by atoms with Crippen LogP contribution in [0.2, 0.25) is 5.02 Å². The van der Waals surface area contributed by atoms with Crippen LogP contribution in [-0.4, -0.2) is 25.7 Å². The molecule has 0 aliphatic carbocycles. The van der Waals surface area contributed by atoms with Gasteiger partial charge in [-0.1, -0.05) is 29.0 Å². The molecule has 6 heteroatoms. The van der Waals surface area contributed by atoms with Crippen molar-refractivity contribution >= 4 is 38.3 Å². The molecule has 2 aromatic carbocycles. The Bertz CT molecular complexity index is 909. The van der Waals surface area contributed by atoms with E-state index >= 15 is 0 Å². The SMILES string of the molecule is COc1ccc2c(c1)CCN(c1nc3c(OC)ccc(Cl)c3s1)C2. The zero-order valence-corrected chi connectivity index (χ0v) is 15.1. The molecule has 0 fully saturated rings. The fourth-order valence-electron chi connectivity index (χ4n) is 3.06. The van der Waals surface area contributed by atoms with Gasteiger partial charge in [0.15, 0.2) is 5.13 Å². The van der Waals surface area contributed by atoms with Gasteiger partial charge in [0.05, 0.1) is 23.9 Å². The summed E-state index contributed by atoms with van der Waals surface area (Å²) in [5.74, 6) is 1.68. The van der Waals surface area contributed by atoms with Crippen molar-refractivity contribution in [2.45, 2.75) is 13.0 Å². The van der Waals surface area contributed by atoms with E-state index < -0.39 is 0 Å². The molecular weight excluding hydrogens is 344 g/mol. The molecule has 4 rings (SSSR count). The summed E-state index contributed by atoms with van der Waals surface area (Å²) in [6, 6.07) is 10.0. The van der Waals surface area contributed by atoms with Gasteiger partial charge in [0.2, 0.25) is 0 Å². The van der Waals surface area contributed by atoms with Gasteiger partial charge >= 0.3 is 0 Å². The molecule has 4 nitrogen and oxygen atoms in total. The highest BCUT2D eigenvalue weighted by Gasteiger charge is 2.21. The van der Waals surface area contributed by atoms with E-state index in [1.807, 2.05) is 18.2 Å². The lowest BCUT2D eigenvalue weighted by Crippen LogP contribution is -2.30. The maximum atomic E-state index is 6.34. The highest BCUT2D eigenvalue weighted by Crippen LogP contribution is 2.39. The molecule has 0 unspecified atom stereocenters. The molecule has 0 spiro atoms. The third kappa shape index (κ3) is 2.58. The van der Waals surface area contributed by atoms with Crippen LogP contribution in [0.1, 0.15) is 11.1 Å². The van der Waals surface area contributed by atoms with Crippen LogP contribution >= 0.6 is 22.9 Å². The Morgan fingerprint density at radius 3 is 2.79 bits per heavy atom. The van der Waals surface area contributed by atoms with Crippen molar-refractivity contribution in [3.63, 3.8) is 0 Å². The van der Waals surface area contributed by atoms with Crippen LogP contribution in [0.5, 0.6) is 11.5 Å². The minimum atomic E-state index is 0.719. The number of hydrogen-bond donors (Lipinski definition) is 0. The van der Waals surface area contributed by atoms with Gasteiger partial charge in [-0.25, -0.2) is 4.98 Å². The Morgan fingerprint density at radius 2 is 2.00 bits per heavy atom. The van der Waals surface area contributed by atoms with Crippen LogP contribution in [0.25, 0.3) is 10.2 Å². The first kappa shape index (κ1) is 15.5. The van der Waals surface area contributed by atoms with E-state index in [1.54, 1.807) is 25.6 Å². The molecule has 124 valence electrons. The van der Waals surface area contributed by atoms with Crippen LogP contribution in [0, 0.1) is 0 Å². The number of rotatable bonds is 3. The number of halogens is 1. The lowest BCUT2D eigenvalue weighted by molar-refractivity contribution is 0.413. The number of benzene rings is 2. The van der Waals surface area contributed by atoms with Gasteiger partial charge in [0.1, 0.15) is 17.0 Å². The summed E-state index contributed by atoms with van der Waals surface area (Å²) < 4.78 is 11.7. The van der Waals surface area contributed by atoms with Gasteiger partial charge in [-0.2, -0.15) is 0 Å². The summed E-state index contributed by atoms with van der Waals surface area (Å²) in [7, 11) is 3.36. The Balaban J connectivity index is 1.69. The second kappa shape index (κ2) is 6.15. The second-order valence-corrected chi connectivity index (χ2v) is 7.11. The molecule has 0 saturated heterocycles. The van der Waals surface area contributed by atoms with Gasteiger partial charge in [0, 0.05) is 13.1 Å². The fourth-order valence-corrected chi connectivity index (χ4v) is 4.34. The van der Waals surface area contributed by atoms with Crippen LogP contribution in [0.3, 0.4) is 0 Å². The lowest BCUT2D eigenvalue weighted by atomic mass is 10.00. The highest BCUT2D eigenvalue weighted by molar-refractivity contribution is 7.22. The van der Waals surface area contributed by atoms with Crippen LogP contribution in [0.15, 0.2) is 30.3 Å². The summed E-state index contributed by atoms with van der Waals surface area (Å²) in [6.45, 7) is 1.78. The van der Waals surface area contributed by atoms with Crippen molar-refractivity contribution in [2.24, 2.45) is 0 Å². The molecule has 2 heterocycles. The number of ether oxygens (including phenoxy) is 2. The summed E-state index contributed by atoms with van der Waals surface area (Å²) in [4.78, 5) is 7.09. The Kier molecular flexibility index (Phi) is 3.98. The molecule has 0 atom stereocenters.